The van der Waals surface area contributed by atoms with Crippen LogP contribution in [0.3, 0.4) is 0 Å². The van der Waals surface area contributed by atoms with E-state index in [1.807, 2.05) is 25.3 Å². The van der Waals surface area contributed by atoms with Crippen LogP contribution in [0.2, 0.25) is 0 Å². The van der Waals surface area contributed by atoms with E-state index >= 15 is 0 Å². The van der Waals surface area contributed by atoms with Gasteiger partial charge in [-0.15, -0.1) is 0 Å². The van der Waals surface area contributed by atoms with Gasteiger partial charge in [0.15, 0.2) is 18.1 Å². The fourth-order valence-corrected chi connectivity index (χ4v) is 2.35. The first kappa shape index (κ1) is 15.7. The van der Waals surface area contributed by atoms with Crippen molar-refractivity contribution < 1.29 is 14.3 Å². The maximum Gasteiger partial charge on any atom is 0.361 e. The summed E-state index contributed by atoms with van der Waals surface area (Å²) in [7, 11) is 0. The van der Waals surface area contributed by atoms with Crippen molar-refractivity contribution in [2.24, 2.45) is 0 Å². The molecule has 7 nitrogen and oxygen atoms in total. The van der Waals surface area contributed by atoms with E-state index in [-0.39, 0.29) is 23.9 Å². The molecule has 7 heteroatoms. The first-order chi connectivity index (χ1) is 10.5. The van der Waals surface area contributed by atoms with Gasteiger partial charge >= 0.3 is 5.97 Å². The fraction of sp³-hybridized carbons (Fsp3) is 0.333. The number of aromatic nitrogens is 3. The predicted molar refractivity (Wildman–Crippen MR) is 80.6 cm³/mol. The number of Topliss-reactive ketones (excluding diaryl/α,β-unsaturated/α-hetero) is 1. The molecule has 0 aliphatic heterocycles. The van der Waals surface area contributed by atoms with Crippen LogP contribution in [-0.2, 0) is 11.3 Å². The Morgan fingerprint density at radius 2 is 1.95 bits per heavy atom. The van der Waals surface area contributed by atoms with Crippen molar-refractivity contribution in [3.05, 3.63) is 41.1 Å². The summed E-state index contributed by atoms with van der Waals surface area (Å²) in [5.41, 5.74) is 7.86. The lowest BCUT2D eigenvalue weighted by Gasteiger charge is -2.06. The van der Waals surface area contributed by atoms with Crippen LogP contribution in [0.4, 0.5) is 5.82 Å². The summed E-state index contributed by atoms with van der Waals surface area (Å²) < 4.78 is 7.01. The van der Waals surface area contributed by atoms with Crippen LogP contribution in [0.1, 0.15) is 39.2 Å². The highest BCUT2D eigenvalue weighted by Gasteiger charge is 2.19. The number of nitrogens with zero attached hydrogens (tertiary/aromatic N) is 3. The topological polar surface area (TPSA) is 100 Å². The number of ketones is 1. The molecule has 2 rings (SSSR count). The number of rotatable bonds is 5. The Hall–Kier alpha value is -2.70. The van der Waals surface area contributed by atoms with Crippen LogP contribution in [-0.4, -0.2) is 32.9 Å². The maximum atomic E-state index is 12.2. The molecule has 0 aliphatic carbocycles. The van der Waals surface area contributed by atoms with Gasteiger partial charge in [0.1, 0.15) is 0 Å². The summed E-state index contributed by atoms with van der Waals surface area (Å²) >= 11 is 0. The van der Waals surface area contributed by atoms with Crippen molar-refractivity contribution in [3.63, 3.8) is 0 Å². The Balaban J connectivity index is 2.08. The number of ether oxygens (including phenoxy) is 1. The van der Waals surface area contributed by atoms with Crippen LogP contribution in [0.15, 0.2) is 18.5 Å². The molecule has 0 spiro atoms. The number of hydrogen-bond donors (Lipinski definition) is 1. The second-order valence-electron chi connectivity index (χ2n) is 4.82. The summed E-state index contributed by atoms with van der Waals surface area (Å²) in [6.45, 7) is 6.22. The summed E-state index contributed by atoms with van der Waals surface area (Å²) in [6, 6.07) is 1.80. The molecule has 2 aromatic heterocycles. The largest absolute Gasteiger partial charge is 0.452 e. The average Bonchev–Trinajstić information content (AvgIpc) is 2.79. The molecule has 0 saturated heterocycles. The van der Waals surface area contributed by atoms with Crippen LogP contribution < -0.4 is 5.73 Å². The van der Waals surface area contributed by atoms with Gasteiger partial charge < -0.3 is 15.0 Å². The monoisotopic (exact) mass is 302 g/mol. The lowest BCUT2D eigenvalue weighted by atomic mass is 10.1. The number of hydrogen-bond acceptors (Lipinski definition) is 6. The zero-order valence-electron chi connectivity index (χ0n) is 12.8. The summed E-state index contributed by atoms with van der Waals surface area (Å²) in [5, 5.41) is 0. The van der Waals surface area contributed by atoms with Crippen molar-refractivity contribution >= 4 is 17.6 Å². The quantitative estimate of drug-likeness (QED) is 0.664. The predicted octanol–water partition coefficient (Wildman–Crippen LogP) is 1.54. The number of carbonyl (C=O) groups is 2. The Kier molecular flexibility index (Phi) is 4.55. The van der Waals surface area contributed by atoms with Crippen LogP contribution in [0.25, 0.3) is 0 Å². The molecular weight excluding hydrogens is 284 g/mol. The van der Waals surface area contributed by atoms with Gasteiger partial charge in [0.2, 0.25) is 5.78 Å². The first-order valence-corrected chi connectivity index (χ1v) is 6.89. The molecule has 22 heavy (non-hydrogen) atoms. The number of esters is 1. The first-order valence-electron chi connectivity index (χ1n) is 6.89. The zero-order valence-corrected chi connectivity index (χ0v) is 12.8. The zero-order chi connectivity index (χ0) is 16.3. The minimum Gasteiger partial charge on any atom is -0.452 e. The van der Waals surface area contributed by atoms with E-state index in [1.165, 1.54) is 12.4 Å². The highest BCUT2D eigenvalue weighted by atomic mass is 16.5. The maximum absolute atomic E-state index is 12.2. The fourth-order valence-electron chi connectivity index (χ4n) is 2.35. The van der Waals surface area contributed by atoms with Gasteiger partial charge in [0.05, 0.1) is 0 Å². The van der Waals surface area contributed by atoms with E-state index in [0.29, 0.717) is 5.56 Å². The van der Waals surface area contributed by atoms with Gasteiger partial charge in [-0.05, 0) is 26.8 Å². The molecular formula is C15H18N4O3. The number of nitrogen functional groups attached to an aromatic ring is 1. The van der Waals surface area contributed by atoms with E-state index < -0.39 is 5.97 Å². The molecule has 0 saturated carbocycles. The lowest BCUT2D eigenvalue weighted by molar-refractivity contribution is 0.0469. The molecule has 0 bridgehead atoms. The van der Waals surface area contributed by atoms with Gasteiger partial charge in [-0.1, -0.05) is 0 Å². The highest BCUT2D eigenvalue weighted by Crippen LogP contribution is 2.16. The third kappa shape index (κ3) is 2.98. The van der Waals surface area contributed by atoms with Gasteiger partial charge in [-0.25, -0.2) is 14.8 Å². The average molecular weight is 302 g/mol. The molecule has 0 aliphatic rings. The van der Waals surface area contributed by atoms with Gasteiger partial charge in [-0.3, -0.25) is 4.79 Å². The van der Waals surface area contributed by atoms with Crippen LogP contribution >= 0.6 is 0 Å². The second kappa shape index (κ2) is 6.38. The number of aryl methyl sites for hydroxylation is 1. The molecule has 0 fully saturated rings. The van der Waals surface area contributed by atoms with Crippen LogP contribution in [0.5, 0.6) is 0 Å². The number of carbonyl (C=O) groups excluding carboxylic acids is 2. The van der Waals surface area contributed by atoms with Gasteiger partial charge in [0.25, 0.3) is 0 Å². The van der Waals surface area contributed by atoms with Crippen molar-refractivity contribution in [1.29, 1.82) is 0 Å². The normalized spacial score (nSPS) is 10.5. The number of nitrogens with two attached hydrogens (primary N) is 1. The van der Waals surface area contributed by atoms with E-state index in [2.05, 4.69) is 9.97 Å². The van der Waals surface area contributed by atoms with Gasteiger partial charge in [0, 0.05) is 35.9 Å². The minimum atomic E-state index is -0.761. The summed E-state index contributed by atoms with van der Waals surface area (Å²) in [5.74, 6) is -1.05. The molecule has 0 radical (unpaired) electrons. The molecule has 0 unspecified atom stereocenters. The summed E-state index contributed by atoms with van der Waals surface area (Å²) in [6.07, 6.45) is 2.71. The van der Waals surface area contributed by atoms with E-state index in [4.69, 9.17) is 10.5 Å². The smallest absolute Gasteiger partial charge is 0.361 e. The van der Waals surface area contributed by atoms with Crippen LogP contribution in [0, 0.1) is 13.8 Å². The molecule has 0 amide bonds. The van der Waals surface area contributed by atoms with Crippen molar-refractivity contribution in [3.8, 4) is 0 Å². The molecule has 2 aromatic rings. The minimum absolute atomic E-state index is 0.0240. The number of anilines is 1. The molecule has 2 heterocycles. The lowest BCUT2D eigenvalue weighted by Crippen LogP contribution is -2.17. The van der Waals surface area contributed by atoms with E-state index in [9.17, 15) is 9.59 Å². The van der Waals surface area contributed by atoms with E-state index in [1.54, 1.807) is 6.07 Å². The Labute approximate surface area is 128 Å². The van der Waals surface area contributed by atoms with Crippen molar-refractivity contribution in [2.75, 3.05) is 12.3 Å². The Morgan fingerprint density at radius 3 is 2.55 bits per heavy atom. The third-order valence-corrected chi connectivity index (χ3v) is 3.44. The van der Waals surface area contributed by atoms with E-state index in [0.717, 1.165) is 17.9 Å². The summed E-state index contributed by atoms with van der Waals surface area (Å²) in [4.78, 5) is 31.6. The SMILES string of the molecule is CCn1c(C)cc(C(=O)COC(=O)c2nccnc2N)c1C. The molecule has 116 valence electrons. The molecule has 0 aromatic carbocycles. The molecule has 0 atom stereocenters. The van der Waals surface area contributed by atoms with Crippen molar-refractivity contribution in [1.82, 2.24) is 14.5 Å². The highest BCUT2D eigenvalue weighted by molar-refractivity contribution is 6.00. The van der Waals surface area contributed by atoms with Gasteiger partial charge in [-0.2, -0.15) is 0 Å². The van der Waals surface area contributed by atoms with Crippen molar-refractivity contribution in [2.45, 2.75) is 27.3 Å². The standard InChI is InChI=1S/C15H18N4O3/c1-4-19-9(2)7-11(10(19)3)12(20)8-22-15(21)13-14(16)18-6-5-17-13/h5-7H,4,8H2,1-3H3,(H2,16,18). The Bertz CT molecular complexity index is 722. The Morgan fingerprint density at radius 1 is 1.27 bits per heavy atom. The third-order valence-electron chi connectivity index (χ3n) is 3.44. The molecule has 2 N–H and O–H groups in total. The second-order valence-corrected chi connectivity index (χ2v) is 4.82.